The van der Waals surface area contributed by atoms with Gasteiger partial charge >= 0.3 is 5.97 Å². The van der Waals surface area contributed by atoms with E-state index in [4.69, 9.17) is 9.47 Å². The Morgan fingerprint density at radius 1 is 0.892 bits per heavy atom. The monoisotopic (exact) mass is 491 g/mol. The second-order valence-electron chi connectivity index (χ2n) is 9.07. The lowest BCUT2D eigenvalue weighted by Gasteiger charge is -2.19. The van der Waals surface area contributed by atoms with E-state index in [0.717, 1.165) is 44.7 Å². The number of carbonyl (C=O) groups is 2. The fraction of sp³-hybridized carbons (Fsp3) is 0.167. The van der Waals surface area contributed by atoms with Gasteiger partial charge in [0.25, 0.3) is 0 Å². The second-order valence-corrected chi connectivity index (χ2v) is 9.07. The molecule has 7 heteroatoms. The third-order valence-corrected chi connectivity index (χ3v) is 6.70. The first-order valence-corrected chi connectivity index (χ1v) is 12.2. The molecule has 0 radical (unpaired) electrons. The smallest absolute Gasteiger partial charge is 0.308 e. The van der Waals surface area contributed by atoms with Crippen LogP contribution in [0.2, 0.25) is 0 Å². The van der Waals surface area contributed by atoms with Crippen LogP contribution in [0.3, 0.4) is 0 Å². The van der Waals surface area contributed by atoms with Crippen molar-refractivity contribution in [2.24, 2.45) is 5.10 Å². The number of carbonyl (C=O) groups excluding carboxylic acids is 2. The van der Waals surface area contributed by atoms with Crippen molar-refractivity contribution in [1.82, 2.24) is 9.58 Å². The molecule has 0 bridgehead atoms. The maximum absolute atomic E-state index is 12.7. The molecule has 0 N–H and O–H groups in total. The van der Waals surface area contributed by atoms with Crippen LogP contribution < -0.4 is 4.74 Å². The number of esters is 1. The quantitative estimate of drug-likeness (QED) is 0.224. The molecule has 1 aliphatic rings. The van der Waals surface area contributed by atoms with Crippen LogP contribution in [-0.4, -0.2) is 27.4 Å². The summed E-state index contributed by atoms with van der Waals surface area (Å²) in [7, 11) is 0. The van der Waals surface area contributed by atoms with Crippen LogP contribution in [-0.2, 0) is 20.9 Å². The van der Waals surface area contributed by atoms with Crippen molar-refractivity contribution in [3.8, 4) is 5.75 Å². The highest BCUT2D eigenvalue weighted by atomic mass is 16.5. The van der Waals surface area contributed by atoms with Crippen LogP contribution in [0, 0.1) is 0 Å². The number of aromatic nitrogens is 1. The highest BCUT2D eigenvalue weighted by Crippen LogP contribution is 2.37. The molecule has 0 unspecified atom stereocenters. The van der Waals surface area contributed by atoms with E-state index in [1.54, 1.807) is 6.07 Å². The standard InChI is InChI=1S/C30H25N3O4/c1-4-32-26-12-8-7-11-23(26)24-16-22(13-14-27(24)32)30-33(18(2)34)31-29(37-30)25-15-20-9-5-6-10-21(20)17-28(25)36-19(3)35/h5-17,30H,4H2,1-3H3/t30-/m0/s1. The molecule has 6 rings (SSSR count). The van der Waals surface area contributed by atoms with Crippen LogP contribution in [0.4, 0.5) is 0 Å². The number of nitrogens with zero attached hydrogens (tertiary/aromatic N) is 3. The highest BCUT2D eigenvalue weighted by Gasteiger charge is 2.35. The molecule has 2 heterocycles. The molecule has 37 heavy (non-hydrogen) atoms. The van der Waals surface area contributed by atoms with Crippen molar-refractivity contribution in [3.63, 3.8) is 0 Å². The first-order chi connectivity index (χ1) is 17.9. The van der Waals surface area contributed by atoms with E-state index in [0.29, 0.717) is 11.3 Å². The van der Waals surface area contributed by atoms with Gasteiger partial charge < -0.3 is 14.0 Å². The Morgan fingerprint density at radius 2 is 1.59 bits per heavy atom. The molecule has 1 aromatic heterocycles. The summed E-state index contributed by atoms with van der Waals surface area (Å²) in [5, 5.41) is 9.95. The van der Waals surface area contributed by atoms with Crippen LogP contribution in [0.1, 0.15) is 38.1 Å². The van der Waals surface area contributed by atoms with Gasteiger partial charge in [-0.2, -0.15) is 5.01 Å². The molecule has 5 aromatic rings. The molecule has 0 fully saturated rings. The van der Waals surface area contributed by atoms with Crippen LogP contribution in [0.5, 0.6) is 5.75 Å². The van der Waals surface area contributed by atoms with Gasteiger partial charge in [0, 0.05) is 47.8 Å². The van der Waals surface area contributed by atoms with Gasteiger partial charge in [-0.1, -0.05) is 48.5 Å². The largest absolute Gasteiger partial charge is 0.446 e. The van der Waals surface area contributed by atoms with Gasteiger partial charge in [0.05, 0.1) is 5.56 Å². The number of benzene rings is 4. The summed E-state index contributed by atoms with van der Waals surface area (Å²) in [6.45, 7) is 5.78. The Hall–Kier alpha value is -4.65. The SMILES string of the molecule is CCn1c2ccccc2c2cc([C@@H]3OC(c4cc5ccccc5cc4OC(C)=O)=NN3C(C)=O)ccc21. The zero-order chi connectivity index (χ0) is 25.7. The van der Waals surface area contributed by atoms with Gasteiger partial charge in [-0.05, 0) is 48.0 Å². The zero-order valence-electron chi connectivity index (χ0n) is 20.8. The van der Waals surface area contributed by atoms with E-state index in [2.05, 4.69) is 40.9 Å². The Bertz CT molecular complexity index is 1750. The maximum Gasteiger partial charge on any atom is 0.308 e. The van der Waals surface area contributed by atoms with Gasteiger partial charge in [-0.3, -0.25) is 9.59 Å². The molecule has 0 spiro atoms. The Balaban J connectivity index is 1.46. The Labute approximate surface area is 213 Å². The first-order valence-electron chi connectivity index (χ1n) is 12.2. The fourth-order valence-corrected chi connectivity index (χ4v) is 5.08. The van der Waals surface area contributed by atoms with Gasteiger partial charge in [-0.15, -0.1) is 5.10 Å². The normalized spacial score (nSPS) is 15.3. The van der Waals surface area contributed by atoms with Crippen molar-refractivity contribution in [1.29, 1.82) is 0 Å². The summed E-state index contributed by atoms with van der Waals surface area (Å²) in [5.74, 6) is -0.160. The van der Waals surface area contributed by atoms with Gasteiger partial charge in [0.1, 0.15) is 5.75 Å². The lowest BCUT2D eigenvalue weighted by Crippen LogP contribution is -2.25. The minimum absolute atomic E-state index is 0.221. The average Bonchev–Trinajstić information content (AvgIpc) is 3.47. The van der Waals surface area contributed by atoms with Crippen molar-refractivity contribution in [2.75, 3.05) is 0 Å². The molecule has 0 aliphatic carbocycles. The van der Waals surface area contributed by atoms with E-state index >= 15 is 0 Å². The lowest BCUT2D eigenvalue weighted by molar-refractivity contribution is -0.135. The topological polar surface area (TPSA) is 73.1 Å². The lowest BCUT2D eigenvalue weighted by atomic mass is 10.1. The van der Waals surface area contributed by atoms with Crippen molar-refractivity contribution in [2.45, 2.75) is 33.5 Å². The Kier molecular flexibility index (Phi) is 5.41. The average molecular weight is 492 g/mol. The van der Waals surface area contributed by atoms with Gasteiger partial charge in [0.2, 0.25) is 18.0 Å². The second kappa shape index (κ2) is 8.78. The molecule has 1 amide bonds. The third-order valence-electron chi connectivity index (χ3n) is 6.70. The summed E-state index contributed by atoms with van der Waals surface area (Å²) in [6.07, 6.45) is -0.753. The molecule has 0 saturated heterocycles. The maximum atomic E-state index is 12.7. The summed E-state index contributed by atoms with van der Waals surface area (Å²) in [5.41, 5.74) is 3.58. The number of hydrogen-bond acceptors (Lipinski definition) is 5. The van der Waals surface area contributed by atoms with Crippen molar-refractivity contribution < 1.29 is 19.1 Å². The number of hydrazone groups is 1. The number of rotatable bonds is 4. The Morgan fingerprint density at radius 3 is 2.32 bits per heavy atom. The molecular weight excluding hydrogens is 466 g/mol. The number of amides is 1. The molecule has 184 valence electrons. The number of aryl methyl sites for hydroxylation is 1. The molecule has 7 nitrogen and oxygen atoms in total. The predicted molar refractivity (Wildman–Crippen MR) is 143 cm³/mol. The molecule has 0 saturated carbocycles. The summed E-state index contributed by atoms with van der Waals surface area (Å²) < 4.78 is 14.1. The number of para-hydroxylation sites is 1. The summed E-state index contributed by atoms with van der Waals surface area (Å²) in [6, 6.07) is 25.8. The van der Waals surface area contributed by atoms with Crippen molar-refractivity contribution in [3.05, 3.63) is 90.0 Å². The number of hydrogen-bond donors (Lipinski definition) is 0. The highest BCUT2D eigenvalue weighted by molar-refractivity contribution is 6.08. The van der Waals surface area contributed by atoms with Gasteiger partial charge in [-0.25, -0.2) is 0 Å². The fourth-order valence-electron chi connectivity index (χ4n) is 5.08. The molecule has 1 atom stereocenters. The first kappa shape index (κ1) is 22.8. The van der Waals surface area contributed by atoms with Gasteiger partial charge in [0.15, 0.2) is 0 Å². The molecule has 4 aromatic carbocycles. The van der Waals surface area contributed by atoms with E-state index < -0.39 is 12.2 Å². The van der Waals surface area contributed by atoms with Crippen molar-refractivity contribution >= 4 is 50.4 Å². The van der Waals surface area contributed by atoms with E-state index in [1.165, 1.54) is 18.9 Å². The number of fused-ring (bicyclic) bond motifs is 4. The summed E-state index contributed by atoms with van der Waals surface area (Å²) >= 11 is 0. The predicted octanol–water partition coefficient (Wildman–Crippen LogP) is 6.13. The third kappa shape index (κ3) is 3.80. The van der Waals surface area contributed by atoms with E-state index in [9.17, 15) is 9.59 Å². The van der Waals surface area contributed by atoms with Crippen LogP contribution in [0.15, 0.2) is 84.0 Å². The molecular formula is C30H25N3O4. The summed E-state index contributed by atoms with van der Waals surface area (Å²) in [4.78, 5) is 24.5. The minimum atomic E-state index is -0.753. The van der Waals surface area contributed by atoms with E-state index in [-0.39, 0.29) is 11.8 Å². The number of ether oxygens (including phenoxy) is 2. The van der Waals surface area contributed by atoms with E-state index in [1.807, 2.05) is 48.5 Å². The van der Waals surface area contributed by atoms with Crippen LogP contribution >= 0.6 is 0 Å². The molecule has 1 aliphatic heterocycles. The van der Waals surface area contributed by atoms with Crippen LogP contribution in [0.25, 0.3) is 32.6 Å². The zero-order valence-corrected chi connectivity index (χ0v) is 20.8. The minimum Gasteiger partial charge on any atom is -0.446 e.